The molecule has 0 aliphatic rings. The number of carbonyl (C=O) groups excluding carboxylic acids is 1. The molecule has 30 heavy (non-hydrogen) atoms. The van der Waals surface area contributed by atoms with Gasteiger partial charge in [0.25, 0.3) is 0 Å². The van der Waals surface area contributed by atoms with Crippen LogP contribution in [0.2, 0.25) is 5.02 Å². The average Bonchev–Trinajstić information content (AvgIpc) is 3.01. The minimum absolute atomic E-state index is 0.106. The molecule has 3 aromatic rings. The maximum absolute atomic E-state index is 12.4. The third-order valence-corrected chi connectivity index (χ3v) is 7.20. The summed E-state index contributed by atoms with van der Waals surface area (Å²) in [7, 11) is 1.31. The summed E-state index contributed by atoms with van der Waals surface area (Å²) < 4.78 is 27.8. The van der Waals surface area contributed by atoms with Crippen molar-refractivity contribution < 1.29 is 13.2 Å². The average molecular weight is 449 g/mol. The standard InChI is InChI=1S/C21H25ClN4O3S/c1-14(16-7-5-6-8-17(16)22)23-21(27)12-11-20-24-18-13-15(30(28,29)25(2)3)9-10-19(18)26(20)4/h5-10,13-14H,11-12H2,1-4H3,(H,23,27). The highest BCUT2D eigenvalue weighted by Crippen LogP contribution is 2.23. The summed E-state index contributed by atoms with van der Waals surface area (Å²) in [6.07, 6.45) is 0.691. The van der Waals surface area contributed by atoms with E-state index in [0.717, 1.165) is 11.1 Å². The largest absolute Gasteiger partial charge is 0.350 e. The predicted octanol–water partition coefficient (Wildman–Crippen LogP) is 3.29. The van der Waals surface area contributed by atoms with Gasteiger partial charge in [0.2, 0.25) is 15.9 Å². The number of benzene rings is 2. The van der Waals surface area contributed by atoms with Crippen molar-refractivity contribution in [2.75, 3.05) is 14.1 Å². The van der Waals surface area contributed by atoms with Crippen molar-refractivity contribution >= 4 is 38.6 Å². The minimum atomic E-state index is -3.53. The second-order valence-electron chi connectivity index (χ2n) is 7.34. The second-order valence-corrected chi connectivity index (χ2v) is 9.89. The maximum atomic E-state index is 12.4. The number of fused-ring (bicyclic) bond motifs is 1. The van der Waals surface area contributed by atoms with Crippen LogP contribution in [0, 0.1) is 0 Å². The summed E-state index contributed by atoms with van der Waals surface area (Å²) in [5, 5.41) is 3.57. The number of halogens is 1. The zero-order valence-electron chi connectivity index (χ0n) is 17.4. The Labute approximate surface area is 181 Å². The van der Waals surface area contributed by atoms with E-state index in [4.69, 9.17) is 11.6 Å². The topological polar surface area (TPSA) is 84.3 Å². The Morgan fingerprint density at radius 2 is 1.93 bits per heavy atom. The van der Waals surface area contributed by atoms with Crippen molar-refractivity contribution in [3.63, 3.8) is 0 Å². The first-order chi connectivity index (χ1) is 14.1. The van der Waals surface area contributed by atoms with Crippen molar-refractivity contribution in [2.24, 2.45) is 7.05 Å². The molecular weight excluding hydrogens is 424 g/mol. The van der Waals surface area contributed by atoms with Crippen LogP contribution in [-0.4, -0.2) is 42.3 Å². The van der Waals surface area contributed by atoms with E-state index < -0.39 is 10.0 Å². The number of nitrogens with one attached hydrogen (secondary N) is 1. The third kappa shape index (κ3) is 4.50. The van der Waals surface area contributed by atoms with Crippen LogP contribution in [0.25, 0.3) is 11.0 Å². The third-order valence-electron chi connectivity index (χ3n) is 5.05. The van der Waals surface area contributed by atoms with Gasteiger partial charge in [0.15, 0.2) is 0 Å². The van der Waals surface area contributed by atoms with Gasteiger partial charge >= 0.3 is 0 Å². The Balaban J connectivity index is 1.72. The zero-order chi connectivity index (χ0) is 22.1. The molecule has 7 nitrogen and oxygen atoms in total. The summed E-state index contributed by atoms with van der Waals surface area (Å²) in [6, 6.07) is 12.1. The lowest BCUT2D eigenvalue weighted by Crippen LogP contribution is -2.27. The van der Waals surface area contributed by atoms with Gasteiger partial charge in [0, 0.05) is 39.0 Å². The summed E-state index contributed by atoms with van der Waals surface area (Å²) in [5.74, 6) is 0.607. The molecule has 3 rings (SSSR count). The van der Waals surface area contributed by atoms with Gasteiger partial charge < -0.3 is 9.88 Å². The predicted molar refractivity (Wildman–Crippen MR) is 118 cm³/mol. The summed E-state index contributed by atoms with van der Waals surface area (Å²) in [5.41, 5.74) is 2.26. The summed E-state index contributed by atoms with van der Waals surface area (Å²) >= 11 is 6.20. The number of nitrogens with zero attached hydrogens (tertiary/aromatic N) is 3. The molecule has 0 bridgehead atoms. The van der Waals surface area contributed by atoms with Crippen LogP contribution in [-0.2, 0) is 28.3 Å². The summed E-state index contributed by atoms with van der Waals surface area (Å²) in [4.78, 5) is 17.2. The number of carbonyl (C=O) groups is 1. The second kappa shape index (κ2) is 8.75. The van der Waals surface area contributed by atoms with E-state index >= 15 is 0 Å². The fraction of sp³-hybridized carbons (Fsp3) is 0.333. The van der Waals surface area contributed by atoms with Crippen LogP contribution < -0.4 is 5.32 Å². The van der Waals surface area contributed by atoms with Crippen LogP contribution in [0.4, 0.5) is 0 Å². The SMILES string of the molecule is CC(NC(=O)CCc1nc2cc(S(=O)(=O)N(C)C)ccc2n1C)c1ccccc1Cl. The molecule has 0 saturated carbocycles. The Hall–Kier alpha value is -2.42. The Morgan fingerprint density at radius 3 is 2.60 bits per heavy atom. The van der Waals surface area contributed by atoms with E-state index in [9.17, 15) is 13.2 Å². The van der Waals surface area contributed by atoms with Crippen LogP contribution in [0.5, 0.6) is 0 Å². The van der Waals surface area contributed by atoms with Gasteiger partial charge in [-0.05, 0) is 36.8 Å². The first-order valence-corrected chi connectivity index (χ1v) is 11.3. The van der Waals surface area contributed by atoms with Gasteiger partial charge in [-0.1, -0.05) is 29.8 Å². The maximum Gasteiger partial charge on any atom is 0.242 e. The number of rotatable bonds is 7. The van der Waals surface area contributed by atoms with Crippen molar-refractivity contribution in [3.05, 3.63) is 58.9 Å². The first kappa shape index (κ1) is 22.3. The van der Waals surface area contributed by atoms with Crippen molar-refractivity contribution in [1.82, 2.24) is 19.2 Å². The van der Waals surface area contributed by atoms with Gasteiger partial charge in [0.1, 0.15) is 5.82 Å². The number of sulfonamides is 1. The summed E-state index contributed by atoms with van der Waals surface area (Å²) in [6.45, 7) is 1.89. The molecular formula is C21H25ClN4O3S. The fourth-order valence-corrected chi connectivity index (χ4v) is 4.49. The molecule has 9 heteroatoms. The van der Waals surface area contributed by atoms with Crippen molar-refractivity contribution in [2.45, 2.75) is 30.7 Å². The van der Waals surface area contributed by atoms with Gasteiger partial charge in [-0.25, -0.2) is 17.7 Å². The van der Waals surface area contributed by atoms with Gasteiger partial charge in [-0.3, -0.25) is 4.79 Å². The number of hydrogen-bond acceptors (Lipinski definition) is 4. The molecule has 2 aromatic carbocycles. The quantitative estimate of drug-likeness (QED) is 0.601. The van der Waals surface area contributed by atoms with Crippen LogP contribution in [0.15, 0.2) is 47.4 Å². The number of imidazole rings is 1. The van der Waals surface area contributed by atoms with Crippen LogP contribution in [0.1, 0.15) is 30.8 Å². The van der Waals surface area contributed by atoms with Gasteiger partial charge in [0.05, 0.1) is 22.0 Å². The van der Waals surface area contributed by atoms with E-state index in [0.29, 0.717) is 22.8 Å². The number of aryl methyl sites for hydroxylation is 2. The molecule has 0 fully saturated rings. The molecule has 160 valence electrons. The fourth-order valence-electron chi connectivity index (χ4n) is 3.27. The smallest absolute Gasteiger partial charge is 0.242 e. The van der Waals surface area contributed by atoms with Gasteiger partial charge in [-0.15, -0.1) is 0 Å². The van der Waals surface area contributed by atoms with E-state index in [1.54, 1.807) is 24.3 Å². The van der Waals surface area contributed by atoms with E-state index in [1.807, 2.05) is 36.7 Å². The van der Waals surface area contributed by atoms with Crippen molar-refractivity contribution in [1.29, 1.82) is 0 Å². The van der Waals surface area contributed by atoms with E-state index in [-0.39, 0.29) is 23.3 Å². The number of aromatic nitrogens is 2. The van der Waals surface area contributed by atoms with Crippen LogP contribution >= 0.6 is 11.6 Å². The molecule has 0 aliphatic carbocycles. The normalized spacial score (nSPS) is 13.0. The molecule has 0 spiro atoms. The molecule has 1 heterocycles. The monoisotopic (exact) mass is 448 g/mol. The molecule has 1 atom stereocenters. The van der Waals surface area contributed by atoms with Gasteiger partial charge in [-0.2, -0.15) is 0 Å². The van der Waals surface area contributed by atoms with E-state index in [2.05, 4.69) is 10.3 Å². The lowest BCUT2D eigenvalue weighted by Gasteiger charge is -2.15. The molecule has 0 radical (unpaired) electrons. The number of amides is 1. The minimum Gasteiger partial charge on any atom is -0.350 e. The van der Waals surface area contributed by atoms with Crippen LogP contribution in [0.3, 0.4) is 0 Å². The molecule has 1 N–H and O–H groups in total. The van der Waals surface area contributed by atoms with E-state index in [1.165, 1.54) is 18.4 Å². The Kier molecular flexibility index (Phi) is 6.50. The highest BCUT2D eigenvalue weighted by Gasteiger charge is 2.19. The Morgan fingerprint density at radius 1 is 1.23 bits per heavy atom. The zero-order valence-corrected chi connectivity index (χ0v) is 19.0. The highest BCUT2D eigenvalue weighted by molar-refractivity contribution is 7.89. The Bertz CT molecular complexity index is 1190. The lowest BCUT2D eigenvalue weighted by molar-refractivity contribution is -0.121. The van der Waals surface area contributed by atoms with Crippen molar-refractivity contribution in [3.8, 4) is 0 Å². The lowest BCUT2D eigenvalue weighted by atomic mass is 10.1. The first-order valence-electron chi connectivity index (χ1n) is 9.53. The molecule has 1 amide bonds. The number of hydrogen-bond donors (Lipinski definition) is 1. The molecule has 0 saturated heterocycles. The highest BCUT2D eigenvalue weighted by atomic mass is 35.5. The molecule has 1 unspecified atom stereocenters. The molecule has 1 aromatic heterocycles. The molecule has 0 aliphatic heterocycles.